The lowest BCUT2D eigenvalue weighted by Crippen LogP contribution is -2.11. The number of nitro benzene ring substituents is 1. The summed E-state index contributed by atoms with van der Waals surface area (Å²) in [6.45, 7) is 3.53. The van der Waals surface area contributed by atoms with Crippen LogP contribution in [-0.2, 0) is 4.74 Å². The van der Waals surface area contributed by atoms with Crippen LogP contribution in [-0.4, -0.2) is 18.0 Å². The number of ether oxygens (including phenoxy) is 2. The van der Waals surface area contributed by atoms with E-state index in [-0.39, 0.29) is 5.69 Å². The van der Waals surface area contributed by atoms with Crippen LogP contribution >= 0.6 is 0 Å². The lowest BCUT2D eigenvalue weighted by Gasteiger charge is -2.15. The zero-order chi connectivity index (χ0) is 17.0. The molecular formula is C17H17NO5. The average Bonchev–Trinajstić information content (AvgIpc) is 2.54. The van der Waals surface area contributed by atoms with Gasteiger partial charge >= 0.3 is 5.97 Å². The molecule has 0 fully saturated rings. The van der Waals surface area contributed by atoms with Gasteiger partial charge in [0.1, 0.15) is 17.4 Å². The van der Waals surface area contributed by atoms with Gasteiger partial charge in [-0.2, -0.15) is 0 Å². The maximum atomic E-state index is 12.3. The number of benzene rings is 2. The molecule has 23 heavy (non-hydrogen) atoms. The van der Waals surface area contributed by atoms with Gasteiger partial charge in [-0.25, -0.2) is 4.79 Å². The molecule has 0 saturated carbocycles. The molecule has 0 aromatic heterocycles. The van der Waals surface area contributed by atoms with E-state index in [2.05, 4.69) is 0 Å². The molecular weight excluding hydrogens is 298 g/mol. The highest BCUT2D eigenvalue weighted by Crippen LogP contribution is 2.26. The highest BCUT2D eigenvalue weighted by Gasteiger charge is 2.19. The highest BCUT2D eigenvalue weighted by atomic mass is 16.6. The molecule has 0 unspecified atom stereocenters. The van der Waals surface area contributed by atoms with Crippen molar-refractivity contribution in [3.8, 4) is 5.75 Å². The molecule has 0 N–H and O–H groups in total. The molecule has 0 aliphatic rings. The molecule has 0 spiro atoms. The first-order chi connectivity index (χ1) is 10.9. The van der Waals surface area contributed by atoms with Crippen molar-refractivity contribution in [1.82, 2.24) is 0 Å². The predicted molar refractivity (Wildman–Crippen MR) is 84.7 cm³/mol. The van der Waals surface area contributed by atoms with Gasteiger partial charge in [0.2, 0.25) is 0 Å². The van der Waals surface area contributed by atoms with Gasteiger partial charge in [-0.3, -0.25) is 10.1 Å². The van der Waals surface area contributed by atoms with Crippen LogP contribution in [0.2, 0.25) is 0 Å². The number of nitro groups is 1. The van der Waals surface area contributed by atoms with E-state index >= 15 is 0 Å². The van der Waals surface area contributed by atoms with Crippen molar-refractivity contribution in [2.75, 3.05) is 7.11 Å². The van der Waals surface area contributed by atoms with E-state index in [1.807, 2.05) is 13.0 Å². The molecule has 2 rings (SSSR count). The quantitative estimate of drug-likeness (QED) is 0.476. The Hall–Kier alpha value is -2.89. The molecule has 0 saturated heterocycles. The summed E-state index contributed by atoms with van der Waals surface area (Å²) in [6.07, 6.45) is -0.618. The standard InChI is InChI=1S/C17H17NO5/c1-11-7-8-16(22-3)15(9-11)17(19)23-12(2)13-5-4-6-14(10-13)18(20)21/h4-10,12H,1-3H3/t12-/m0/s1. The number of nitrogens with zero attached hydrogens (tertiary/aromatic N) is 1. The molecule has 120 valence electrons. The summed E-state index contributed by atoms with van der Waals surface area (Å²) in [7, 11) is 1.48. The minimum Gasteiger partial charge on any atom is -0.496 e. The number of hydrogen-bond acceptors (Lipinski definition) is 5. The Morgan fingerprint density at radius 3 is 2.61 bits per heavy atom. The molecule has 0 radical (unpaired) electrons. The molecule has 2 aromatic carbocycles. The third-order valence-electron chi connectivity index (χ3n) is 3.41. The Morgan fingerprint density at radius 2 is 1.96 bits per heavy atom. The second-order valence-electron chi connectivity index (χ2n) is 5.10. The smallest absolute Gasteiger partial charge is 0.342 e. The Bertz CT molecular complexity index is 742. The van der Waals surface area contributed by atoms with Crippen LogP contribution < -0.4 is 4.74 Å². The molecule has 6 heteroatoms. The number of non-ortho nitro benzene ring substituents is 1. The van der Waals surface area contributed by atoms with Crippen LogP contribution in [0.25, 0.3) is 0 Å². The summed E-state index contributed by atoms with van der Waals surface area (Å²) in [5, 5.41) is 10.8. The number of esters is 1. The summed E-state index contributed by atoms with van der Waals surface area (Å²) in [6, 6.07) is 11.2. The Labute approximate surface area is 133 Å². The number of methoxy groups -OCH3 is 1. The van der Waals surface area contributed by atoms with Crippen molar-refractivity contribution >= 4 is 11.7 Å². The summed E-state index contributed by atoms with van der Waals surface area (Å²) in [5.41, 5.74) is 1.74. The molecule has 6 nitrogen and oxygen atoms in total. The van der Waals surface area contributed by atoms with Crippen molar-refractivity contribution in [2.45, 2.75) is 20.0 Å². The summed E-state index contributed by atoms with van der Waals surface area (Å²) in [4.78, 5) is 22.7. The third kappa shape index (κ3) is 3.85. The number of carbonyl (C=O) groups is 1. The van der Waals surface area contributed by atoms with Crippen LogP contribution in [0.1, 0.15) is 34.5 Å². The van der Waals surface area contributed by atoms with Gasteiger partial charge in [0.25, 0.3) is 5.69 Å². The molecule has 2 aromatic rings. The van der Waals surface area contributed by atoms with E-state index < -0.39 is 17.0 Å². The van der Waals surface area contributed by atoms with Gasteiger partial charge in [0.15, 0.2) is 0 Å². The fraction of sp³-hybridized carbons (Fsp3) is 0.235. The normalized spacial score (nSPS) is 11.6. The second-order valence-corrected chi connectivity index (χ2v) is 5.10. The zero-order valence-corrected chi connectivity index (χ0v) is 13.1. The van der Waals surface area contributed by atoms with E-state index in [0.29, 0.717) is 16.9 Å². The monoisotopic (exact) mass is 315 g/mol. The molecule has 0 aliphatic heterocycles. The first-order valence-corrected chi connectivity index (χ1v) is 7.02. The molecule has 1 atom stereocenters. The van der Waals surface area contributed by atoms with Crippen molar-refractivity contribution in [1.29, 1.82) is 0 Å². The molecule has 0 amide bonds. The van der Waals surface area contributed by atoms with Crippen molar-refractivity contribution < 1.29 is 19.2 Å². The van der Waals surface area contributed by atoms with E-state index in [1.165, 1.54) is 19.2 Å². The fourth-order valence-electron chi connectivity index (χ4n) is 2.16. The Kier molecular flexibility index (Phi) is 4.95. The van der Waals surface area contributed by atoms with Crippen LogP contribution in [0.5, 0.6) is 5.75 Å². The predicted octanol–water partition coefficient (Wildman–Crippen LogP) is 3.83. The van der Waals surface area contributed by atoms with Gasteiger partial charge in [-0.1, -0.05) is 23.8 Å². The average molecular weight is 315 g/mol. The highest BCUT2D eigenvalue weighted by molar-refractivity contribution is 5.92. The topological polar surface area (TPSA) is 78.7 Å². The number of hydrogen-bond donors (Lipinski definition) is 0. The van der Waals surface area contributed by atoms with Crippen LogP contribution in [0.4, 0.5) is 5.69 Å². The van der Waals surface area contributed by atoms with Crippen LogP contribution in [0.15, 0.2) is 42.5 Å². The zero-order valence-electron chi connectivity index (χ0n) is 13.1. The lowest BCUT2D eigenvalue weighted by atomic mass is 10.1. The van der Waals surface area contributed by atoms with Gasteiger partial charge < -0.3 is 9.47 Å². The largest absolute Gasteiger partial charge is 0.496 e. The second kappa shape index (κ2) is 6.91. The van der Waals surface area contributed by atoms with Gasteiger partial charge in [-0.05, 0) is 31.5 Å². The molecule has 0 bridgehead atoms. The first kappa shape index (κ1) is 16.5. The third-order valence-corrected chi connectivity index (χ3v) is 3.41. The number of rotatable bonds is 5. The van der Waals surface area contributed by atoms with Crippen molar-refractivity contribution in [3.05, 3.63) is 69.3 Å². The lowest BCUT2D eigenvalue weighted by molar-refractivity contribution is -0.385. The Morgan fingerprint density at radius 1 is 1.22 bits per heavy atom. The maximum Gasteiger partial charge on any atom is 0.342 e. The summed E-state index contributed by atoms with van der Waals surface area (Å²) >= 11 is 0. The molecule has 0 heterocycles. The Balaban J connectivity index is 2.21. The minimum atomic E-state index is -0.618. The van der Waals surface area contributed by atoms with Gasteiger partial charge in [0, 0.05) is 12.1 Å². The van der Waals surface area contributed by atoms with Gasteiger partial charge in [-0.15, -0.1) is 0 Å². The maximum absolute atomic E-state index is 12.3. The van der Waals surface area contributed by atoms with Crippen molar-refractivity contribution in [3.63, 3.8) is 0 Å². The summed E-state index contributed by atoms with van der Waals surface area (Å²) < 4.78 is 10.6. The van der Waals surface area contributed by atoms with E-state index in [9.17, 15) is 14.9 Å². The van der Waals surface area contributed by atoms with E-state index in [1.54, 1.807) is 31.2 Å². The van der Waals surface area contributed by atoms with Crippen LogP contribution in [0.3, 0.4) is 0 Å². The minimum absolute atomic E-state index is 0.0430. The summed E-state index contributed by atoms with van der Waals surface area (Å²) in [5.74, 6) is -0.114. The van der Waals surface area contributed by atoms with E-state index in [0.717, 1.165) is 5.56 Å². The first-order valence-electron chi connectivity index (χ1n) is 7.02. The number of aryl methyl sites for hydroxylation is 1. The molecule has 0 aliphatic carbocycles. The number of carbonyl (C=O) groups excluding carboxylic acids is 1. The van der Waals surface area contributed by atoms with Crippen LogP contribution in [0, 0.1) is 17.0 Å². The van der Waals surface area contributed by atoms with E-state index in [4.69, 9.17) is 9.47 Å². The fourth-order valence-corrected chi connectivity index (χ4v) is 2.16. The van der Waals surface area contributed by atoms with Gasteiger partial charge in [0.05, 0.1) is 12.0 Å². The van der Waals surface area contributed by atoms with Crippen molar-refractivity contribution in [2.24, 2.45) is 0 Å². The SMILES string of the molecule is COc1ccc(C)cc1C(=O)O[C@@H](C)c1cccc([N+](=O)[O-])c1.